The third kappa shape index (κ3) is 9.61. The van der Waals surface area contributed by atoms with Crippen LogP contribution in [0.2, 0.25) is 0 Å². The van der Waals surface area contributed by atoms with Crippen LogP contribution in [0.1, 0.15) is 60.0 Å². The summed E-state index contributed by atoms with van der Waals surface area (Å²) >= 11 is 0. The van der Waals surface area contributed by atoms with Gasteiger partial charge >= 0.3 is 12.0 Å². The highest BCUT2D eigenvalue weighted by atomic mass is 16.7. The summed E-state index contributed by atoms with van der Waals surface area (Å²) in [4.78, 5) is 27.8. The van der Waals surface area contributed by atoms with Gasteiger partial charge in [-0.2, -0.15) is 0 Å². The fraction of sp³-hybridized carbons (Fsp3) is 0.409. The molecule has 0 aromatic heterocycles. The van der Waals surface area contributed by atoms with Gasteiger partial charge in [-0.15, -0.1) is 0 Å². The van der Waals surface area contributed by atoms with Gasteiger partial charge in [-0.3, -0.25) is 0 Å². The van der Waals surface area contributed by atoms with Gasteiger partial charge in [0.05, 0.1) is 39.1 Å². The molecule has 0 unspecified atom stereocenters. The summed E-state index contributed by atoms with van der Waals surface area (Å²) in [6.07, 6.45) is 1.07. The predicted molar refractivity (Wildman–Crippen MR) is 206 cm³/mol. The third-order valence-corrected chi connectivity index (χ3v) is 10.9. The van der Waals surface area contributed by atoms with E-state index in [4.69, 9.17) is 23.7 Å². The largest absolute Gasteiger partial charge is 0.467 e. The van der Waals surface area contributed by atoms with Crippen LogP contribution < -0.4 is 10.6 Å². The molecule has 3 fully saturated rings. The van der Waals surface area contributed by atoms with Crippen molar-refractivity contribution in [3.8, 4) is 11.1 Å². The highest BCUT2D eigenvalue weighted by Gasteiger charge is 2.43. The molecule has 0 saturated carbocycles. The molecule has 290 valence electrons. The second kappa shape index (κ2) is 17.9. The molecule has 4 aromatic rings. The minimum atomic E-state index is -0.819. The fourth-order valence-corrected chi connectivity index (χ4v) is 7.75. The summed E-state index contributed by atoms with van der Waals surface area (Å²) in [6, 6.07) is 32.4. The molecule has 1 spiro atoms. The first-order chi connectivity index (χ1) is 26.8. The lowest BCUT2D eigenvalue weighted by Gasteiger charge is -2.44. The van der Waals surface area contributed by atoms with Crippen molar-refractivity contribution < 1.29 is 38.4 Å². The van der Waals surface area contributed by atoms with E-state index in [9.17, 15) is 14.7 Å². The summed E-state index contributed by atoms with van der Waals surface area (Å²) in [7, 11) is 1.31. The van der Waals surface area contributed by atoms with E-state index in [0.29, 0.717) is 19.6 Å². The Kier molecular flexibility index (Phi) is 12.6. The number of amides is 2. The number of carbonyl (C=O) groups excluding carboxylic acids is 2. The number of carbonyl (C=O) groups is 2. The molecule has 0 radical (unpaired) electrons. The summed E-state index contributed by atoms with van der Waals surface area (Å²) in [5.41, 5.74) is 6.60. The van der Waals surface area contributed by atoms with Crippen LogP contribution in [0.15, 0.2) is 103 Å². The van der Waals surface area contributed by atoms with Crippen molar-refractivity contribution in [2.75, 3.05) is 40.0 Å². The number of esters is 1. The topological polar surface area (TPSA) is 128 Å². The number of aliphatic hydroxyl groups is 1. The molecule has 3 aliphatic heterocycles. The van der Waals surface area contributed by atoms with Crippen LogP contribution in [0.4, 0.5) is 4.79 Å². The lowest BCUT2D eigenvalue weighted by molar-refractivity contribution is -0.278. The van der Waals surface area contributed by atoms with Gasteiger partial charge in [0.1, 0.15) is 6.04 Å². The van der Waals surface area contributed by atoms with E-state index >= 15 is 0 Å². The second-order valence-corrected chi connectivity index (χ2v) is 14.6. The van der Waals surface area contributed by atoms with Crippen LogP contribution in [0.5, 0.6) is 0 Å². The Morgan fingerprint density at radius 2 is 1.53 bits per heavy atom. The maximum absolute atomic E-state index is 12.9. The number of likely N-dealkylation sites (tertiary alicyclic amines) is 1. The second-order valence-electron chi connectivity index (χ2n) is 14.6. The maximum Gasteiger partial charge on any atom is 0.328 e. The highest BCUT2D eigenvalue weighted by Crippen LogP contribution is 2.43. The summed E-state index contributed by atoms with van der Waals surface area (Å²) in [5.74, 6) is -0.876. The Labute approximate surface area is 322 Å². The molecule has 0 aliphatic carbocycles. The van der Waals surface area contributed by atoms with Gasteiger partial charge in [0, 0.05) is 56.9 Å². The molecule has 0 bridgehead atoms. The summed E-state index contributed by atoms with van der Waals surface area (Å²) in [6.45, 7) is 6.26. The number of piperidine rings is 1. The molecule has 3 aliphatic rings. The van der Waals surface area contributed by atoms with E-state index in [1.807, 2.05) is 91.0 Å². The van der Waals surface area contributed by atoms with Gasteiger partial charge < -0.3 is 44.3 Å². The molecular weight excluding hydrogens is 698 g/mol. The SMILES string of the molecule is COC(=O)[C@H](Cc1ccccc1)NC(=O)NCc1cccc(-c2cccc([C@H]3O[C@@H](CN4CCC5(CC4)OCCO5)[C@@H](C)[C@@H](c4ccc(CO)cc4)O3)c2)c1. The standard InChI is InChI=1S/C44H51N3O8/c1-30-39(28-47-20-18-44(19-21-47)52-22-23-53-44)54-42(55-40(30)34-16-14-32(29-48)15-17-34)37-13-7-12-36(26-37)35-11-6-10-33(24-35)27-45-43(50)46-38(41(49)51-2)25-31-8-4-3-5-9-31/h3-17,24,26,30,38-40,42,48H,18-23,25,27-29H2,1-2H3,(H2,45,46,50)/t30-,38+,39+,40+,42+/m1/s1. The Morgan fingerprint density at radius 3 is 2.24 bits per heavy atom. The molecule has 2 amide bonds. The average Bonchev–Trinajstić information content (AvgIpc) is 3.69. The first-order valence-electron chi connectivity index (χ1n) is 19.2. The first-order valence-corrected chi connectivity index (χ1v) is 19.2. The zero-order valence-electron chi connectivity index (χ0n) is 31.5. The number of hydrogen-bond acceptors (Lipinski definition) is 9. The normalized spacial score (nSPS) is 22.9. The van der Waals surface area contributed by atoms with Crippen molar-refractivity contribution >= 4 is 12.0 Å². The highest BCUT2D eigenvalue weighted by molar-refractivity contribution is 5.83. The first kappa shape index (κ1) is 38.6. The third-order valence-electron chi connectivity index (χ3n) is 10.9. The van der Waals surface area contributed by atoms with Gasteiger partial charge in [-0.25, -0.2) is 9.59 Å². The van der Waals surface area contributed by atoms with E-state index < -0.39 is 30.1 Å². The Balaban J connectivity index is 1.04. The number of aliphatic hydroxyl groups excluding tert-OH is 1. The van der Waals surface area contributed by atoms with Crippen molar-refractivity contribution in [3.05, 3.63) is 131 Å². The molecule has 3 heterocycles. The molecule has 55 heavy (non-hydrogen) atoms. The van der Waals surface area contributed by atoms with Crippen molar-refractivity contribution in [2.45, 2.75) is 69.7 Å². The lowest BCUT2D eigenvalue weighted by Crippen LogP contribution is -2.50. The monoisotopic (exact) mass is 749 g/mol. The van der Waals surface area contributed by atoms with Crippen molar-refractivity contribution in [1.29, 1.82) is 0 Å². The fourth-order valence-electron chi connectivity index (χ4n) is 7.75. The smallest absolute Gasteiger partial charge is 0.328 e. The van der Waals surface area contributed by atoms with Crippen LogP contribution in [-0.4, -0.2) is 79.9 Å². The van der Waals surface area contributed by atoms with Crippen molar-refractivity contribution in [2.24, 2.45) is 5.92 Å². The Hall–Kier alpha value is -4.62. The lowest BCUT2D eigenvalue weighted by atomic mass is 9.89. The van der Waals surface area contributed by atoms with E-state index in [-0.39, 0.29) is 31.3 Å². The average molecular weight is 750 g/mol. The molecular formula is C44H51N3O8. The van der Waals surface area contributed by atoms with Gasteiger partial charge in [-0.1, -0.05) is 97.9 Å². The number of methoxy groups -OCH3 is 1. The minimum Gasteiger partial charge on any atom is -0.467 e. The molecule has 5 atom stereocenters. The molecule has 11 nitrogen and oxygen atoms in total. The number of benzene rings is 4. The quantitative estimate of drug-likeness (QED) is 0.148. The number of nitrogens with one attached hydrogen (secondary N) is 2. The summed E-state index contributed by atoms with van der Waals surface area (Å²) in [5, 5.41) is 15.3. The Morgan fingerprint density at radius 1 is 0.836 bits per heavy atom. The number of rotatable bonds is 12. The van der Waals surface area contributed by atoms with E-state index in [2.05, 4.69) is 34.6 Å². The van der Waals surface area contributed by atoms with Gasteiger partial charge in [0.15, 0.2) is 12.1 Å². The van der Waals surface area contributed by atoms with Gasteiger partial charge in [0.2, 0.25) is 0 Å². The van der Waals surface area contributed by atoms with Crippen LogP contribution in [0.3, 0.4) is 0 Å². The number of ether oxygens (including phenoxy) is 5. The minimum absolute atomic E-state index is 0.0124. The van der Waals surface area contributed by atoms with Crippen LogP contribution in [0.25, 0.3) is 11.1 Å². The van der Waals surface area contributed by atoms with Crippen LogP contribution in [0, 0.1) is 5.92 Å². The predicted octanol–water partition coefficient (Wildman–Crippen LogP) is 6.06. The van der Waals surface area contributed by atoms with Crippen LogP contribution in [-0.2, 0) is 48.1 Å². The zero-order valence-corrected chi connectivity index (χ0v) is 31.5. The molecule has 3 saturated heterocycles. The van der Waals surface area contributed by atoms with Crippen molar-refractivity contribution in [1.82, 2.24) is 15.5 Å². The summed E-state index contributed by atoms with van der Waals surface area (Å²) < 4.78 is 30.5. The van der Waals surface area contributed by atoms with E-state index in [1.54, 1.807) is 0 Å². The molecule has 3 N–H and O–H groups in total. The molecule has 11 heteroatoms. The van der Waals surface area contributed by atoms with E-state index in [1.165, 1.54) is 7.11 Å². The van der Waals surface area contributed by atoms with Crippen molar-refractivity contribution in [3.63, 3.8) is 0 Å². The maximum atomic E-state index is 12.9. The number of hydrogen-bond donors (Lipinski definition) is 3. The van der Waals surface area contributed by atoms with Crippen LogP contribution >= 0.6 is 0 Å². The van der Waals surface area contributed by atoms with Gasteiger partial charge in [-0.05, 0) is 45.5 Å². The molecule has 7 rings (SSSR count). The van der Waals surface area contributed by atoms with Gasteiger partial charge in [0.25, 0.3) is 0 Å². The number of urea groups is 1. The Bertz CT molecular complexity index is 1870. The molecule has 4 aromatic carbocycles. The number of nitrogens with zero attached hydrogens (tertiary/aromatic N) is 1. The zero-order chi connectivity index (χ0) is 38.2. The van der Waals surface area contributed by atoms with E-state index in [0.717, 1.165) is 71.4 Å².